The van der Waals surface area contributed by atoms with Crippen molar-refractivity contribution in [2.24, 2.45) is 5.73 Å². The third-order valence-corrected chi connectivity index (χ3v) is 3.79. The molecule has 0 spiro atoms. The summed E-state index contributed by atoms with van der Waals surface area (Å²) in [6, 6.07) is 5.58. The fourth-order valence-electron chi connectivity index (χ4n) is 2.94. The van der Waals surface area contributed by atoms with Gasteiger partial charge in [0.1, 0.15) is 0 Å². The van der Waals surface area contributed by atoms with Crippen LogP contribution in [0.15, 0.2) is 18.2 Å². The molecule has 1 amide bonds. The van der Waals surface area contributed by atoms with Crippen LogP contribution in [0.5, 0.6) is 11.5 Å². The highest BCUT2D eigenvalue weighted by Gasteiger charge is 2.40. The molecule has 5 heteroatoms. The van der Waals surface area contributed by atoms with Crippen molar-refractivity contribution in [1.29, 1.82) is 0 Å². The Bertz CT molecular complexity index is 516. The van der Waals surface area contributed by atoms with Crippen molar-refractivity contribution in [3.63, 3.8) is 0 Å². The Hall–Kier alpha value is -1.75. The molecule has 0 saturated carbocycles. The first kappa shape index (κ1) is 15.6. The predicted octanol–water partition coefficient (Wildman–Crippen LogP) is 2.10. The van der Waals surface area contributed by atoms with Gasteiger partial charge in [0.25, 0.3) is 0 Å². The molecule has 1 saturated heterocycles. The van der Waals surface area contributed by atoms with Gasteiger partial charge < -0.3 is 20.1 Å². The fraction of sp³-hybridized carbons (Fsp3) is 0.562. The van der Waals surface area contributed by atoms with Crippen molar-refractivity contribution in [2.45, 2.75) is 45.3 Å². The lowest BCUT2D eigenvalue weighted by atomic mass is 9.99. The first-order valence-corrected chi connectivity index (χ1v) is 7.37. The van der Waals surface area contributed by atoms with Crippen molar-refractivity contribution in [3.05, 3.63) is 23.8 Å². The molecule has 2 rings (SSSR count). The number of likely N-dealkylation sites (tertiary alicyclic amines) is 1. The van der Waals surface area contributed by atoms with E-state index in [1.807, 2.05) is 43.9 Å². The zero-order valence-corrected chi connectivity index (χ0v) is 13.1. The van der Waals surface area contributed by atoms with Crippen molar-refractivity contribution in [3.8, 4) is 11.5 Å². The second-order valence-corrected chi connectivity index (χ2v) is 5.55. The maximum Gasteiger partial charge on any atom is 0.225 e. The molecule has 1 aromatic carbocycles. The summed E-state index contributed by atoms with van der Waals surface area (Å²) in [4.78, 5) is 14.0. The number of carbonyl (C=O) groups excluding carboxylic acids is 1. The lowest BCUT2D eigenvalue weighted by molar-refractivity contribution is -0.130. The molecular formula is C16H24N2O3. The summed E-state index contributed by atoms with van der Waals surface area (Å²) in [5.74, 6) is 1.48. The molecule has 1 aliphatic heterocycles. The number of carbonyl (C=O) groups is 1. The Kier molecular flexibility index (Phi) is 4.73. The minimum Gasteiger partial charge on any atom is -0.493 e. The highest BCUT2D eigenvalue weighted by molar-refractivity contribution is 5.80. The highest BCUT2D eigenvalue weighted by atomic mass is 16.5. The van der Waals surface area contributed by atoms with Crippen LogP contribution in [0, 0.1) is 0 Å². The average Bonchev–Trinajstić information content (AvgIpc) is 2.74. The second-order valence-electron chi connectivity index (χ2n) is 5.55. The molecule has 116 valence electrons. The lowest BCUT2D eigenvalue weighted by Crippen LogP contribution is -2.37. The van der Waals surface area contributed by atoms with Gasteiger partial charge in [-0.05, 0) is 38.5 Å². The summed E-state index contributed by atoms with van der Waals surface area (Å²) in [5.41, 5.74) is 7.18. The van der Waals surface area contributed by atoms with Crippen LogP contribution in [0.2, 0.25) is 0 Å². The number of ether oxygens (including phenoxy) is 2. The van der Waals surface area contributed by atoms with E-state index in [0.29, 0.717) is 24.5 Å². The molecular weight excluding hydrogens is 268 g/mol. The SMILES string of the molecule is CCOc1cc(C2C(N)CC(=O)N2C(C)C)ccc1OC. The molecule has 0 radical (unpaired) electrons. The van der Waals surface area contributed by atoms with Crippen LogP contribution < -0.4 is 15.2 Å². The molecule has 2 unspecified atom stereocenters. The summed E-state index contributed by atoms with van der Waals surface area (Å²) < 4.78 is 10.9. The zero-order valence-electron chi connectivity index (χ0n) is 13.1. The number of benzene rings is 1. The number of nitrogens with two attached hydrogens (primary N) is 1. The zero-order chi connectivity index (χ0) is 15.6. The lowest BCUT2D eigenvalue weighted by Gasteiger charge is -2.31. The van der Waals surface area contributed by atoms with E-state index in [-0.39, 0.29) is 24.0 Å². The first-order valence-electron chi connectivity index (χ1n) is 7.37. The molecule has 0 bridgehead atoms. The number of nitrogens with zero attached hydrogens (tertiary/aromatic N) is 1. The molecule has 0 aliphatic carbocycles. The smallest absolute Gasteiger partial charge is 0.225 e. The highest BCUT2D eigenvalue weighted by Crippen LogP contribution is 2.38. The van der Waals surface area contributed by atoms with E-state index in [2.05, 4.69) is 0 Å². The number of rotatable bonds is 5. The Morgan fingerprint density at radius 1 is 1.38 bits per heavy atom. The van der Waals surface area contributed by atoms with Gasteiger partial charge in [-0.1, -0.05) is 6.07 Å². The number of methoxy groups -OCH3 is 1. The second kappa shape index (κ2) is 6.35. The number of amides is 1. The third-order valence-electron chi connectivity index (χ3n) is 3.79. The van der Waals surface area contributed by atoms with E-state index in [4.69, 9.17) is 15.2 Å². The minimum absolute atomic E-state index is 0.108. The van der Waals surface area contributed by atoms with Gasteiger partial charge >= 0.3 is 0 Å². The predicted molar refractivity (Wildman–Crippen MR) is 81.5 cm³/mol. The quantitative estimate of drug-likeness (QED) is 0.902. The number of hydrogen-bond donors (Lipinski definition) is 1. The first-order chi connectivity index (χ1) is 9.99. The van der Waals surface area contributed by atoms with E-state index in [0.717, 1.165) is 5.56 Å². The Labute approximate surface area is 126 Å². The molecule has 1 aliphatic rings. The van der Waals surface area contributed by atoms with Gasteiger partial charge in [-0.2, -0.15) is 0 Å². The summed E-state index contributed by atoms with van der Waals surface area (Å²) >= 11 is 0. The van der Waals surface area contributed by atoms with Crippen LogP contribution in [0.3, 0.4) is 0 Å². The molecule has 1 fully saturated rings. The summed E-state index contributed by atoms with van der Waals surface area (Å²) in [5, 5.41) is 0. The molecule has 1 aromatic rings. The Balaban J connectivity index is 2.39. The normalized spacial score (nSPS) is 22.0. The van der Waals surface area contributed by atoms with Crippen molar-refractivity contribution in [2.75, 3.05) is 13.7 Å². The van der Waals surface area contributed by atoms with E-state index < -0.39 is 0 Å². The van der Waals surface area contributed by atoms with Crippen molar-refractivity contribution in [1.82, 2.24) is 4.90 Å². The van der Waals surface area contributed by atoms with Crippen molar-refractivity contribution < 1.29 is 14.3 Å². The molecule has 1 heterocycles. The van der Waals surface area contributed by atoms with Crippen LogP contribution in [-0.2, 0) is 4.79 Å². The Morgan fingerprint density at radius 3 is 2.67 bits per heavy atom. The monoisotopic (exact) mass is 292 g/mol. The third kappa shape index (κ3) is 2.97. The van der Waals surface area contributed by atoms with Crippen LogP contribution in [-0.4, -0.2) is 36.6 Å². The van der Waals surface area contributed by atoms with Crippen LogP contribution in [0.25, 0.3) is 0 Å². The molecule has 5 nitrogen and oxygen atoms in total. The molecule has 21 heavy (non-hydrogen) atoms. The average molecular weight is 292 g/mol. The summed E-state index contributed by atoms with van der Waals surface area (Å²) in [6.07, 6.45) is 0.388. The van der Waals surface area contributed by atoms with Gasteiger partial charge in [-0.25, -0.2) is 0 Å². The van der Waals surface area contributed by atoms with Gasteiger partial charge in [0.05, 0.1) is 19.8 Å². The maximum absolute atomic E-state index is 12.1. The van der Waals surface area contributed by atoms with E-state index >= 15 is 0 Å². The van der Waals surface area contributed by atoms with Crippen LogP contribution in [0.1, 0.15) is 38.8 Å². The van der Waals surface area contributed by atoms with Gasteiger partial charge in [0.15, 0.2) is 11.5 Å². The summed E-state index contributed by atoms with van der Waals surface area (Å²) in [6.45, 7) is 6.51. The number of hydrogen-bond acceptors (Lipinski definition) is 4. The standard InChI is InChI=1S/C16H24N2O3/c1-5-21-14-8-11(6-7-13(14)20-4)16-12(17)9-15(19)18(16)10(2)3/h6-8,10,12,16H,5,9,17H2,1-4H3. The van der Waals surface area contributed by atoms with E-state index in [9.17, 15) is 4.79 Å². The van der Waals surface area contributed by atoms with Gasteiger partial charge in [-0.3, -0.25) is 4.79 Å². The van der Waals surface area contributed by atoms with Gasteiger partial charge in [-0.15, -0.1) is 0 Å². The largest absolute Gasteiger partial charge is 0.493 e. The van der Waals surface area contributed by atoms with E-state index in [1.54, 1.807) is 7.11 Å². The van der Waals surface area contributed by atoms with Gasteiger partial charge in [0.2, 0.25) is 5.91 Å². The topological polar surface area (TPSA) is 64.8 Å². The molecule has 0 aromatic heterocycles. The maximum atomic E-state index is 12.1. The van der Waals surface area contributed by atoms with Crippen LogP contribution >= 0.6 is 0 Å². The minimum atomic E-state index is -0.192. The van der Waals surface area contributed by atoms with Crippen LogP contribution in [0.4, 0.5) is 0 Å². The Morgan fingerprint density at radius 2 is 2.10 bits per heavy atom. The molecule has 2 N–H and O–H groups in total. The molecule has 2 atom stereocenters. The van der Waals surface area contributed by atoms with Gasteiger partial charge in [0, 0.05) is 18.5 Å². The van der Waals surface area contributed by atoms with Crippen molar-refractivity contribution >= 4 is 5.91 Å². The fourth-order valence-corrected chi connectivity index (χ4v) is 2.94. The summed E-state index contributed by atoms with van der Waals surface area (Å²) in [7, 11) is 1.61. The van der Waals surface area contributed by atoms with E-state index in [1.165, 1.54) is 0 Å².